The van der Waals surface area contributed by atoms with E-state index in [9.17, 15) is 14.4 Å². The summed E-state index contributed by atoms with van der Waals surface area (Å²) in [6.07, 6.45) is 0.736. The maximum Gasteiger partial charge on any atom is 0.407 e. The first kappa shape index (κ1) is 26.3. The van der Waals surface area contributed by atoms with Gasteiger partial charge in [-0.3, -0.25) is 9.59 Å². The smallest absolute Gasteiger partial charge is 0.407 e. The number of nitrogens with one attached hydrogen (secondary N) is 2. The highest BCUT2D eigenvalue weighted by molar-refractivity contribution is 5.80. The van der Waals surface area contributed by atoms with Crippen LogP contribution in [0.4, 0.5) is 4.79 Å². The number of hydrogen-bond donors (Lipinski definition) is 3. The monoisotopic (exact) mass is 480 g/mol. The van der Waals surface area contributed by atoms with Crippen LogP contribution >= 0.6 is 0 Å². The lowest BCUT2D eigenvalue weighted by atomic mass is 9.94. The molecule has 35 heavy (non-hydrogen) atoms. The van der Waals surface area contributed by atoms with Crippen molar-refractivity contribution in [3.8, 4) is 11.1 Å². The van der Waals surface area contributed by atoms with Crippen molar-refractivity contribution in [3.05, 3.63) is 59.7 Å². The standard InChI is InChI=1S/C28H36N2O5/c1-4-20(27(33)29-15-19(13-18(2)3)14-26(31)32)16-30-28(34)35-17-25-23-11-7-5-9-21(23)22-10-6-8-12-24(22)25/h5-12,18-20,25H,4,13-17H2,1-3H3,(H,29,33)(H,30,34)(H,31,32). The van der Waals surface area contributed by atoms with E-state index in [-0.39, 0.29) is 37.3 Å². The first-order valence-corrected chi connectivity index (χ1v) is 12.4. The number of fused-ring (bicyclic) bond motifs is 3. The van der Waals surface area contributed by atoms with Crippen LogP contribution in [0.25, 0.3) is 11.1 Å². The van der Waals surface area contributed by atoms with Crippen molar-refractivity contribution in [2.45, 2.75) is 46.0 Å². The number of alkyl carbamates (subject to hydrolysis) is 1. The predicted molar refractivity (Wildman–Crippen MR) is 135 cm³/mol. The Morgan fingerprint density at radius 3 is 2.09 bits per heavy atom. The lowest BCUT2D eigenvalue weighted by Crippen LogP contribution is -2.41. The largest absolute Gasteiger partial charge is 0.481 e. The van der Waals surface area contributed by atoms with Crippen LogP contribution < -0.4 is 10.6 Å². The molecule has 2 atom stereocenters. The van der Waals surface area contributed by atoms with E-state index < -0.39 is 18.0 Å². The molecule has 0 saturated carbocycles. The summed E-state index contributed by atoms with van der Waals surface area (Å²) in [6.45, 7) is 6.63. The maximum absolute atomic E-state index is 12.7. The number of carbonyl (C=O) groups is 3. The topological polar surface area (TPSA) is 105 Å². The fourth-order valence-corrected chi connectivity index (χ4v) is 4.82. The van der Waals surface area contributed by atoms with E-state index in [2.05, 4.69) is 34.9 Å². The van der Waals surface area contributed by atoms with E-state index in [4.69, 9.17) is 9.84 Å². The molecule has 188 valence electrons. The zero-order valence-electron chi connectivity index (χ0n) is 20.8. The molecule has 0 aliphatic heterocycles. The quantitative estimate of drug-likeness (QED) is 0.405. The Balaban J connectivity index is 1.49. The van der Waals surface area contributed by atoms with Gasteiger partial charge in [-0.05, 0) is 46.9 Å². The average Bonchev–Trinajstić information content (AvgIpc) is 3.14. The molecule has 0 heterocycles. The fourth-order valence-electron chi connectivity index (χ4n) is 4.82. The Morgan fingerprint density at radius 2 is 1.54 bits per heavy atom. The number of amides is 2. The molecule has 2 aromatic rings. The zero-order chi connectivity index (χ0) is 25.4. The van der Waals surface area contributed by atoms with E-state index in [0.29, 0.717) is 18.9 Å². The van der Waals surface area contributed by atoms with Crippen molar-refractivity contribution in [1.29, 1.82) is 0 Å². The van der Waals surface area contributed by atoms with Crippen LogP contribution in [0.15, 0.2) is 48.5 Å². The normalized spacial score (nSPS) is 14.1. The Bertz CT molecular complexity index is 990. The molecule has 3 N–H and O–H groups in total. The van der Waals surface area contributed by atoms with Gasteiger partial charge in [0.15, 0.2) is 0 Å². The van der Waals surface area contributed by atoms with Crippen LogP contribution in [0.2, 0.25) is 0 Å². The number of carboxylic acid groups (broad SMARTS) is 1. The third kappa shape index (κ3) is 7.07. The van der Waals surface area contributed by atoms with E-state index in [0.717, 1.165) is 17.5 Å². The van der Waals surface area contributed by atoms with E-state index in [1.807, 2.05) is 45.0 Å². The number of ether oxygens (including phenoxy) is 1. The van der Waals surface area contributed by atoms with Crippen molar-refractivity contribution >= 4 is 18.0 Å². The van der Waals surface area contributed by atoms with Gasteiger partial charge in [0.05, 0.1) is 5.92 Å². The lowest BCUT2D eigenvalue weighted by molar-refractivity contribution is -0.138. The third-order valence-electron chi connectivity index (χ3n) is 6.53. The second kappa shape index (κ2) is 12.4. The summed E-state index contributed by atoms with van der Waals surface area (Å²) in [6, 6.07) is 16.3. The predicted octanol–water partition coefficient (Wildman–Crippen LogP) is 4.80. The molecule has 1 aliphatic carbocycles. The van der Waals surface area contributed by atoms with E-state index >= 15 is 0 Å². The first-order valence-electron chi connectivity index (χ1n) is 12.4. The average molecular weight is 481 g/mol. The lowest BCUT2D eigenvalue weighted by Gasteiger charge is -2.21. The molecular formula is C28H36N2O5. The molecule has 0 saturated heterocycles. The molecule has 2 amide bonds. The summed E-state index contributed by atoms with van der Waals surface area (Å²) >= 11 is 0. The second-order valence-corrected chi connectivity index (χ2v) is 9.65. The van der Waals surface area contributed by atoms with Crippen LogP contribution in [-0.2, 0) is 14.3 Å². The van der Waals surface area contributed by atoms with Crippen molar-refractivity contribution in [1.82, 2.24) is 10.6 Å². The van der Waals surface area contributed by atoms with Gasteiger partial charge >= 0.3 is 12.1 Å². The van der Waals surface area contributed by atoms with E-state index in [1.54, 1.807) is 0 Å². The molecule has 0 aromatic heterocycles. The Labute approximate surface area is 207 Å². The SMILES string of the molecule is CCC(CNC(=O)OCC1c2ccccc2-c2ccccc21)C(=O)NCC(CC(=O)O)CC(C)C. The maximum atomic E-state index is 12.7. The molecule has 1 aliphatic rings. The number of carboxylic acids is 1. The number of aliphatic carboxylic acids is 1. The minimum absolute atomic E-state index is 0.0211. The number of hydrogen-bond acceptors (Lipinski definition) is 4. The zero-order valence-corrected chi connectivity index (χ0v) is 20.8. The fraction of sp³-hybridized carbons (Fsp3) is 0.464. The molecule has 7 heteroatoms. The van der Waals surface area contributed by atoms with E-state index in [1.165, 1.54) is 11.1 Å². The molecule has 7 nitrogen and oxygen atoms in total. The minimum Gasteiger partial charge on any atom is -0.481 e. The van der Waals surface area contributed by atoms with Crippen LogP contribution in [0.1, 0.15) is 57.1 Å². The summed E-state index contributed by atoms with van der Waals surface area (Å²) in [4.78, 5) is 36.2. The van der Waals surface area contributed by atoms with Gasteiger partial charge in [0.1, 0.15) is 6.61 Å². The summed E-state index contributed by atoms with van der Waals surface area (Å²) in [5.74, 6) is -1.28. The van der Waals surface area contributed by atoms with Gasteiger partial charge in [0.2, 0.25) is 5.91 Å². The molecule has 0 fully saturated rings. The highest BCUT2D eigenvalue weighted by Crippen LogP contribution is 2.44. The first-order chi connectivity index (χ1) is 16.8. The molecule has 0 radical (unpaired) electrons. The summed E-state index contributed by atoms with van der Waals surface area (Å²) < 4.78 is 5.55. The molecule has 3 rings (SSSR count). The number of rotatable bonds is 12. The Morgan fingerprint density at radius 1 is 0.943 bits per heavy atom. The van der Waals surface area contributed by atoms with Gasteiger partial charge in [-0.2, -0.15) is 0 Å². The van der Waals surface area contributed by atoms with Crippen LogP contribution in [0, 0.1) is 17.8 Å². The van der Waals surface area contributed by atoms with Gasteiger partial charge in [-0.1, -0.05) is 69.3 Å². The van der Waals surface area contributed by atoms with Gasteiger partial charge < -0.3 is 20.5 Å². The number of carbonyl (C=O) groups excluding carboxylic acids is 2. The Kier molecular flexibility index (Phi) is 9.29. The van der Waals surface area contributed by atoms with Gasteiger partial charge in [-0.15, -0.1) is 0 Å². The molecule has 2 aromatic carbocycles. The van der Waals surface area contributed by atoms with Crippen molar-refractivity contribution in [2.24, 2.45) is 17.8 Å². The highest BCUT2D eigenvalue weighted by atomic mass is 16.5. The molecule has 2 unspecified atom stereocenters. The van der Waals surface area contributed by atoms with Gasteiger partial charge in [0.25, 0.3) is 0 Å². The van der Waals surface area contributed by atoms with Crippen LogP contribution in [0.3, 0.4) is 0 Å². The van der Waals surface area contributed by atoms with Crippen molar-refractivity contribution < 1.29 is 24.2 Å². The van der Waals surface area contributed by atoms with Crippen molar-refractivity contribution in [3.63, 3.8) is 0 Å². The second-order valence-electron chi connectivity index (χ2n) is 9.65. The van der Waals surface area contributed by atoms with Crippen LogP contribution in [-0.4, -0.2) is 42.8 Å². The summed E-state index contributed by atoms with van der Waals surface area (Å²) in [5.41, 5.74) is 4.62. The minimum atomic E-state index is -0.867. The third-order valence-corrected chi connectivity index (χ3v) is 6.53. The van der Waals surface area contributed by atoms with Crippen LogP contribution in [0.5, 0.6) is 0 Å². The Hall–Kier alpha value is -3.35. The molecule has 0 spiro atoms. The molecule has 0 bridgehead atoms. The van der Waals surface area contributed by atoms with Gasteiger partial charge in [0, 0.05) is 25.4 Å². The summed E-state index contributed by atoms with van der Waals surface area (Å²) in [5, 5.41) is 14.7. The summed E-state index contributed by atoms with van der Waals surface area (Å²) in [7, 11) is 0. The van der Waals surface area contributed by atoms with Gasteiger partial charge in [-0.25, -0.2) is 4.79 Å². The molecular weight excluding hydrogens is 444 g/mol. The number of benzene rings is 2. The van der Waals surface area contributed by atoms with Crippen molar-refractivity contribution in [2.75, 3.05) is 19.7 Å². The highest BCUT2D eigenvalue weighted by Gasteiger charge is 2.29.